The molecule has 0 bridgehead atoms. The average Bonchev–Trinajstić information content (AvgIpc) is 2.53. The number of terminal acetylenes is 1. The summed E-state index contributed by atoms with van der Waals surface area (Å²) in [6, 6.07) is 7.18. The van der Waals surface area contributed by atoms with Crippen molar-refractivity contribution in [1.29, 1.82) is 0 Å². The molecule has 0 spiro atoms. The summed E-state index contributed by atoms with van der Waals surface area (Å²) in [6.07, 6.45) is 7.51. The number of hydrogen-bond donors (Lipinski definition) is 3. The second-order valence-electron chi connectivity index (χ2n) is 4.75. The molecule has 0 aliphatic carbocycles. The summed E-state index contributed by atoms with van der Waals surface area (Å²) in [7, 11) is 0. The number of unbranched alkanes of at least 4 members (excludes halogenated alkanes) is 1. The number of amides is 1. The quantitative estimate of drug-likeness (QED) is 0.312. The Morgan fingerprint density at radius 1 is 1.32 bits per heavy atom. The van der Waals surface area contributed by atoms with Crippen LogP contribution in [0.2, 0.25) is 0 Å². The maximum Gasteiger partial charge on any atom is 0.246 e. The van der Waals surface area contributed by atoms with Crippen molar-refractivity contribution >= 4 is 17.6 Å². The molecule has 1 amide bonds. The average molecular weight is 300 g/mol. The standard InChI is InChI=1S/C17H24N4O/c1-4-7-11-19-17(18-6-3)20-13-16(22)21-15-10-8-9-14(5-2)12-15/h2,8-10,12H,4,6-7,11,13H2,1,3H3,(H,21,22)(H2,18,19,20). The van der Waals surface area contributed by atoms with Crippen molar-refractivity contribution in [3.8, 4) is 12.3 Å². The largest absolute Gasteiger partial charge is 0.357 e. The van der Waals surface area contributed by atoms with Gasteiger partial charge in [-0.15, -0.1) is 6.42 Å². The van der Waals surface area contributed by atoms with Gasteiger partial charge in [-0.05, 0) is 31.5 Å². The zero-order valence-corrected chi connectivity index (χ0v) is 13.3. The van der Waals surface area contributed by atoms with Crippen LogP contribution in [0.15, 0.2) is 29.3 Å². The van der Waals surface area contributed by atoms with Gasteiger partial charge >= 0.3 is 0 Å². The molecule has 0 saturated heterocycles. The molecule has 0 aliphatic rings. The Balaban J connectivity index is 2.53. The Bertz CT molecular complexity index is 546. The van der Waals surface area contributed by atoms with Gasteiger partial charge in [-0.1, -0.05) is 25.3 Å². The van der Waals surface area contributed by atoms with Gasteiger partial charge in [-0.3, -0.25) is 4.79 Å². The number of anilines is 1. The highest BCUT2D eigenvalue weighted by Gasteiger charge is 2.03. The van der Waals surface area contributed by atoms with E-state index in [9.17, 15) is 4.79 Å². The first-order valence-electron chi connectivity index (χ1n) is 7.58. The lowest BCUT2D eigenvalue weighted by molar-refractivity contribution is -0.114. The van der Waals surface area contributed by atoms with Crippen LogP contribution in [0.4, 0.5) is 5.69 Å². The minimum atomic E-state index is -0.179. The third-order valence-corrected chi connectivity index (χ3v) is 2.86. The molecule has 0 aromatic heterocycles. The molecule has 0 aliphatic heterocycles. The van der Waals surface area contributed by atoms with E-state index in [2.05, 4.69) is 33.8 Å². The van der Waals surface area contributed by atoms with Crippen LogP contribution in [0.25, 0.3) is 0 Å². The highest BCUT2D eigenvalue weighted by atomic mass is 16.1. The zero-order chi connectivity index (χ0) is 16.2. The number of hydrogen-bond acceptors (Lipinski definition) is 2. The Hall–Kier alpha value is -2.48. The highest BCUT2D eigenvalue weighted by molar-refractivity contribution is 5.94. The summed E-state index contributed by atoms with van der Waals surface area (Å²) in [6.45, 7) is 5.77. The van der Waals surface area contributed by atoms with Crippen LogP contribution in [0.5, 0.6) is 0 Å². The van der Waals surface area contributed by atoms with Gasteiger partial charge in [0, 0.05) is 24.3 Å². The minimum absolute atomic E-state index is 0.0573. The van der Waals surface area contributed by atoms with E-state index in [1.54, 1.807) is 12.1 Å². The van der Waals surface area contributed by atoms with E-state index >= 15 is 0 Å². The SMILES string of the molecule is C#Cc1cccc(NC(=O)CN=C(NCC)NCCCC)c1. The van der Waals surface area contributed by atoms with Crippen LogP contribution in [0.1, 0.15) is 32.3 Å². The third kappa shape index (κ3) is 6.80. The van der Waals surface area contributed by atoms with Crippen LogP contribution in [0.3, 0.4) is 0 Å². The first-order chi connectivity index (χ1) is 10.7. The van der Waals surface area contributed by atoms with Gasteiger partial charge in [0.15, 0.2) is 5.96 Å². The van der Waals surface area contributed by atoms with Gasteiger partial charge < -0.3 is 16.0 Å². The van der Waals surface area contributed by atoms with Gasteiger partial charge in [-0.2, -0.15) is 0 Å². The predicted octanol–water partition coefficient (Wildman–Crippen LogP) is 1.96. The third-order valence-electron chi connectivity index (χ3n) is 2.86. The molecule has 5 nitrogen and oxygen atoms in total. The molecule has 0 heterocycles. The van der Waals surface area contributed by atoms with E-state index in [0.29, 0.717) is 11.6 Å². The number of guanidine groups is 1. The molecular weight excluding hydrogens is 276 g/mol. The summed E-state index contributed by atoms with van der Waals surface area (Å²) in [5.41, 5.74) is 1.41. The number of nitrogens with zero attached hydrogens (tertiary/aromatic N) is 1. The first-order valence-corrected chi connectivity index (χ1v) is 7.58. The summed E-state index contributed by atoms with van der Waals surface area (Å²) in [5, 5.41) is 9.09. The monoisotopic (exact) mass is 300 g/mol. The van der Waals surface area contributed by atoms with Crippen molar-refractivity contribution in [2.45, 2.75) is 26.7 Å². The van der Waals surface area contributed by atoms with E-state index in [4.69, 9.17) is 6.42 Å². The number of benzene rings is 1. The maximum absolute atomic E-state index is 11.9. The van der Waals surface area contributed by atoms with Crippen molar-refractivity contribution in [3.63, 3.8) is 0 Å². The molecule has 1 aromatic carbocycles. The Labute approximate surface area is 132 Å². The van der Waals surface area contributed by atoms with Crippen molar-refractivity contribution in [3.05, 3.63) is 29.8 Å². The number of rotatable bonds is 7. The van der Waals surface area contributed by atoms with E-state index in [0.717, 1.165) is 31.5 Å². The van der Waals surface area contributed by atoms with Crippen LogP contribution >= 0.6 is 0 Å². The van der Waals surface area contributed by atoms with E-state index in [-0.39, 0.29) is 12.5 Å². The van der Waals surface area contributed by atoms with Crippen molar-refractivity contribution in [2.75, 3.05) is 25.0 Å². The maximum atomic E-state index is 11.9. The molecular formula is C17H24N4O. The number of aliphatic imine (C=N–C) groups is 1. The van der Waals surface area contributed by atoms with Crippen molar-refractivity contribution in [1.82, 2.24) is 10.6 Å². The molecule has 3 N–H and O–H groups in total. The van der Waals surface area contributed by atoms with Crippen LogP contribution in [0, 0.1) is 12.3 Å². The van der Waals surface area contributed by atoms with E-state index in [1.165, 1.54) is 0 Å². The number of carbonyl (C=O) groups is 1. The highest BCUT2D eigenvalue weighted by Crippen LogP contribution is 2.09. The molecule has 0 atom stereocenters. The van der Waals surface area contributed by atoms with Crippen molar-refractivity contribution < 1.29 is 4.79 Å². The molecule has 1 aromatic rings. The minimum Gasteiger partial charge on any atom is -0.357 e. The molecule has 1 rings (SSSR count). The van der Waals surface area contributed by atoms with Crippen LogP contribution < -0.4 is 16.0 Å². The summed E-state index contributed by atoms with van der Waals surface area (Å²) in [5.74, 6) is 3.01. The molecule has 0 fully saturated rings. The first kappa shape index (κ1) is 17.6. The Morgan fingerprint density at radius 3 is 2.82 bits per heavy atom. The normalized spacial score (nSPS) is 10.7. The fourth-order valence-corrected chi connectivity index (χ4v) is 1.76. The number of nitrogens with one attached hydrogen (secondary N) is 3. The lowest BCUT2D eigenvalue weighted by Gasteiger charge is -2.10. The molecule has 0 radical (unpaired) electrons. The zero-order valence-electron chi connectivity index (χ0n) is 13.3. The fourth-order valence-electron chi connectivity index (χ4n) is 1.76. The lowest BCUT2D eigenvalue weighted by Crippen LogP contribution is -2.38. The topological polar surface area (TPSA) is 65.5 Å². The van der Waals surface area contributed by atoms with E-state index in [1.807, 2.05) is 19.1 Å². The van der Waals surface area contributed by atoms with Gasteiger partial charge in [0.2, 0.25) is 5.91 Å². The van der Waals surface area contributed by atoms with Crippen LogP contribution in [-0.4, -0.2) is 31.5 Å². The molecule has 0 saturated carbocycles. The smallest absolute Gasteiger partial charge is 0.246 e. The predicted molar refractivity (Wildman–Crippen MR) is 91.9 cm³/mol. The van der Waals surface area contributed by atoms with E-state index < -0.39 is 0 Å². The van der Waals surface area contributed by atoms with Crippen LogP contribution in [-0.2, 0) is 4.79 Å². The molecule has 22 heavy (non-hydrogen) atoms. The van der Waals surface area contributed by atoms with Gasteiger partial charge in [0.25, 0.3) is 0 Å². The molecule has 0 unspecified atom stereocenters. The van der Waals surface area contributed by atoms with Gasteiger partial charge in [-0.25, -0.2) is 4.99 Å². The summed E-state index contributed by atoms with van der Waals surface area (Å²) in [4.78, 5) is 16.2. The lowest BCUT2D eigenvalue weighted by atomic mass is 10.2. The Kier molecular flexibility index (Phi) is 8.21. The Morgan fingerprint density at radius 2 is 2.14 bits per heavy atom. The second-order valence-corrected chi connectivity index (χ2v) is 4.75. The second kappa shape index (κ2) is 10.3. The molecule has 118 valence electrons. The molecule has 5 heteroatoms. The fraction of sp³-hybridized carbons (Fsp3) is 0.412. The van der Waals surface area contributed by atoms with Crippen molar-refractivity contribution in [2.24, 2.45) is 4.99 Å². The van der Waals surface area contributed by atoms with Gasteiger partial charge in [0.1, 0.15) is 6.54 Å². The summed E-state index contributed by atoms with van der Waals surface area (Å²) < 4.78 is 0. The summed E-state index contributed by atoms with van der Waals surface area (Å²) >= 11 is 0. The number of carbonyl (C=O) groups excluding carboxylic acids is 1. The van der Waals surface area contributed by atoms with Gasteiger partial charge in [0.05, 0.1) is 0 Å².